The molecule has 2 rings (SSSR count). The molecule has 0 atom stereocenters. The van der Waals surface area contributed by atoms with Crippen LogP contribution in [0.4, 0.5) is 5.82 Å². The molecule has 0 N–H and O–H groups in total. The van der Waals surface area contributed by atoms with E-state index in [1.54, 1.807) is 12.1 Å². The summed E-state index contributed by atoms with van der Waals surface area (Å²) in [5.41, 5.74) is 1.09. The molecule has 7 nitrogen and oxygen atoms in total. The minimum Gasteiger partial charge on any atom is -0.480 e. The van der Waals surface area contributed by atoms with Gasteiger partial charge in [0.15, 0.2) is 0 Å². The second-order valence-electron chi connectivity index (χ2n) is 4.50. The van der Waals surface area contributed by atoms with Crippen LogP contribution in [-0.4, -0.2) is 37.4 Å². The zero-order valence-electron chi connectivity index (χ0n) is 12.4. The first-order valence-corrected chi connectivity index (χ1v) is 6.32. The summed E-state index contributed by atoms with van der Waals surface area (Å²) in [6.07, 6.45) is 0. The number of carbonyl (C=O) groups is 1. The van der Waals surface area contributed by atoms with Crippen molar-refractivity contribution in [2.24, 2.45) is 0 Å². The number of nitrogens with zero attached hydrogens (tertiary/aromatic N) is 3. The van der Waals surface area contributed by atoms with Crippen LogP contribution in [0.2, 0.25) is 0 Å². The van der Waals surface area contributed by atoms with E-state index in [9.17, 15) is 4.79 Å². The van der Waals surface area contributed by atoms with Crippen LogP contribution in [-0.2, 0) is 11.3 Å². The van der Waals surface area contributed by atoms with Crippen LogP contribution < -0.4 is 9.64 Å². The van der Waals surface area contributed by atoms with Gasteiger partial charge in [-0.05, 0) is 19.1 Å². The highest BCUT2D eigenvalue weighted by molar-refractivity contribution is 5.92. The molecule has 0 aromatic carbocycles. The van der Waals surface area contributed by atoms with Crippen molar-refractivity contribution in [3.8, 4) is 5.88 Å². The molecule has 0 aliphatic carbocycles. The lowest BCUT2D eigenvalue weighted by atomic mass is 10.2. The van der Waals surface area contributed by atoms with Crippen molar-refractivity contribution in [1.29, 1.82) is 0 Å². The van der Waals surface area contributed by atoms with E-state index in [1.165, 1.54) is 14.2 Å². The predicted molar refractivity (Wildman–Crippen MR) is 75.5 cm³/mol. The second kappa shape index (κ2) is 6.25. The predicted octanol–water partition coefficient (Wildman–Crippen LogP) is 1.81. The first-order chi connectivity index (χ1) is 10.0. The Morgan fingerprint density at radius 3 is 2.71 bits per heavy atom. The fraction of sp³-hybridized carbons (Fsp3) is 0.357. The number of anilines is 1. The summed E-state index contributed by atoms with van der Waals surface area (Å²) in [5, 5.41) is 3.93. The van der Waals surface area contributed by atoms with Gasteiger partial charge >= 0.3 is 5.97 Å². The maximum absolute atomic E-state index is 11.6. The molecule has 21 heavy (non-hydrogen) atoms. The van der Waals surface area contributed by atoms with Gasteiger partial charge < -0.3 is 18.9 Å². The molecule has 0 aliphatic heterocycles. The number of aryl methyl sites for hydroxylation is 1. The number of carbonyl (C=O) groups excluding carboxylic acids is 1. The second-order valence-corrected chi connectivity index (χ2v) is 4.50. The summed E-state index contributed by atoms with van der Waals surface area (Å²) in [4.78, 5) is 17.8. The van der Waals surface area contributed by atoms with Gasteiger partial charge in [0, 0.05) is 13.1 Å². The number of ether oxygens (including phenoxy) is 2. The molecular formula is C14H17N3O4. The maximum atomic E-state index is 11.6. The number of rotatable bonds is 5. The van der Waals surface area contributed by atoms with Gasteiger partial charge in [0.05, 0.1) is 20.8 Å². The Labute approximate surface area is 122 Å². The number of hydrogen-bond donors (Lipinski definition) is 0. The fourth-order valence-electron chi connectivity index (χ4n) is 1.88. The van der Waals surface area contributed by atoms with Gasteiger partial charge in [0.1, 0.15) is 22.8 Å². The van der Waals surface area contributed by atoms with Crippen molar-refractivity contribution in [2.45, 2.75) is 13.5 Å². The zero-order valence-corrected chi connectivity index (χ0v) is 12.4. The van der Waals surface area contributed by atoms with Crippen LogP contribution in [0.15, 0.2) is 22.7 Å². The quantitative estimate of drug-likeness (QED) is 0.777. The Kier molecular flexibility index (Phi) is 4.42. The van der Waals surface area contributed by atoms with E-state index in [-0.39, 0.29) is 11.4 Å². The van der Waals surface area contributed by atoms with Crippen molar-refractivity contribution in [2.75, 3.05) is 26.2 Å². The average molecular weight is 291 g/mol. The van der Waals surface area contributed by atoms with Crippen molar-refractivity contribution < 1.29 is 18.8 Å². The summed E-state index contributed by atoms with van der Waals surface area (Å²) in [6, 6.07) is 5.20. The molecule has 0 radical (unpaired) electrons. The largest absolute Gasteiger partial charge is 0.480 e. The van der Waals surface area contributed by atoms with E-state index in [0.29, 0.717) is 12.4 Å². The van der Waals surface area contributed by atoms with E-state index in [2.05, 4.69) is 14.9 Å². The lowest BCUT2D eigenvalue weighted by Crippen LogP contribution is -2.18. The molecule has 0 fully saturated rings. The van der Waals surface area contributed by atoms with Crippen molar-refractivity contribution in [3.05, 3.63) is 35.2 Å². The fourth-order valence-corrected chi connectivity index (χ4v) is 1.88. The maximum Gasteiger partial charge on any atom is 0.343 e. The standard InChI is InChI=1S/C14H17N3O4/c1-9-7-10(16-21-9)8-17(2)12-6-5-11(14(18)20-4)13(15-12)19-3/h5-7H,8H2,1-4H3. The Morgan fingerprint density at radius 1 is 1.38 bits per heavy atom. The van der Waals surface area contributed by atoms with Gasteiger partial charge in [-0.2, -0.15) is 4.98 Å². The van der Waals surface area contributed by atoms with Crippen molar-refractivity contribution in [3.63, 3.8) is 0 Å². The van der Waals surface area contributed by atoms with Gasteiger partial charge in [0.25, 0.3) is 0 Å². The monoisotopic (exact) mass is 291 g/mol. The van der Waals surface area contributed by atoms with Crippen molar-refractivity contribution >= 4 is 11.8 Å². The molecule has 0 unspecified atom stereocenters. The third-order valence-corrected chi connectivity index (χ3v) is 2.91. The molecule has 0 amide bonds. The highest BCUT2D eigenvalue weighted by Crippen LogP contribution is 2.22. The van der Waals surface area contributed by atoms with Crippen LogP contribution >= 0.6 is 0 Å². The molecule has 0 spiro atoms. The summed E-state index contributed by atoms with van der Waals surface area (Å²) in [5.74, 6) is 1.15. The normalized spacial score (nSPS) is 10.3. The summed E-state index contributed by atoms with van der Waals surface area (Å²) < 4.78 is 14.9. The summed E-state index contributed by atoms with van der Waals surface area (Å²) in [7, 11) is 4.64. The van der Waals surface area contributed by atoms with E-state index in [4.69, 9.17) is 9.26 Å². The van der Waals surface area contributed by atoms with Crippen molar-refractivity contribution in [1.82, 2.24) is 10.1 Å². The van der Waals surface area contributed by atoms with Gasteiger partial charge in [-0.25, -0.2) is 4.79 Å². The summed E-state index contributed by atoms with van der Waals surface area (Å²) in [6.45, 7) is 2.37. The van der Waals surface area contributed by atoms with Crippen LogP contribution in [0.1, 0.15) is 21.8 Å². The third-order valence-electron chi connectivity index (χ3n) is 2.91. The molecule has 0 aliphatic rings. The Bertz CT molecular complexity index is 639. The number of methoxy groups -OCH3 is 2. The number of hydrogen-bond acceptors (Lipinski definition) is 7. The minimum atomic E-state index is -0.485. The van der Waals surface area contributed by atoms with Gasteiger partial charge in [0.2, 0.25) is 5.88 Å². The minimum absolute atomic E-state index is 0.225. The first-order valence-electron chi connectivity index (χ1n) is 6.32. The highest BCUT2D eigenvalue weighted by atomic mass is 16.5. The van der Waals surface area contributed by atoms with E-state index in [1.807, 2.05) is 24.9 Å². The Morgan fingerprint density at radius 2 is 2.14 bits per heavy atom. The lowest BCUT2D eigenvalue weighted by molar-refractivity contribution is 0.0596. The summed E-state index contributed by atoms with van der Waals surface area (Å²) >= 11 is 0. The molecule has 2 aromatic heterocycles. The van der Waals surface area contributed by atoms with Gasteiger partial charge in [-0.15, -0.1) is 0 Å². The molecule has 2 aromatic rings. The Balaban J connectivity index is 2.21. The van der Waals surface area contributed by atoms with Crippen LogP contribution in [0, 0.1) is 6.92 Å². The molecule has 0 saturated carbocycles. The molecule has 0 bridgehead atoms. The number of esters is 1. The van der Waals surface area contributed by atoms with Gasteiger partial charge in [-0.1, -0.05) is 5.16 Å². The smallest absolute Gasteiger partial charge is 0.343 e. The SMILES string of the molecule is COC(=O)c1ccc(N(C)Cc2cc(C)on2)nc1OC. The zero-order chi connectivity index (χ0) is 15.4. The third kappa shape index (κ3) is 3.31. The van der Waals surface area contributed by atoms with Crippen LogP contribution in [0.3, 0.4) is 0 Å². The number of pyridine rings is 1. The topological polar surface area (TPSA) is 77.7 Å². The highest BCUT2D eigenvalue weighted by Gasteiger charge is 2.16. The molecule has 2 heterocycles. The van der Waals surface area contributed by atoms with E-state index < -0.39 is 5.97 Å². The number of aromatic nitrogens is 2. The van der Waals surface area contributed by atoms with E-state index in [0.717, 1.165) is 11.5 Å². The average Bonchev–Trinajstić information content (AvgIpc) is 2.90. The molecule has 0 saturated heterocycles. The van der Waals surface area contributed by atoms with E-state index >= 15 is 0 Å². The first kappa shape index (κ1) is 14.8. The van der Waals surface area contributed by atoms with Gasteiger partial charge in [-0.3, -0.25) is 0 Å². The van der Waals surface area contributed by atoms with Crippen LogP contribution in [0.25, 0.3) is 0 Å². The Hall–Kier alpha value is -2.57. The lowest BCUT2D eigenvalue weighted by Gasteiger charge is -2.17. The molecule has 112 valence electrons. The van der Waals surface area contributed by atoms with Crippen LogP contribution in [0.5, 0.6) is 5.88 Å². The molecule has 7 heteroatoms. The molecular weight excluding hydrogens is 274 g/mol.